The van der Waals surface area contributed by atoms with E-state index in [1.807, 2.05) is 13.0 Å². The number of amides is 1. The largest absolute Gasteiger partial charge is 0.397 e. The van der Waals surface area contributed by atoms with Gasteiger partial charge in [-0.25, -0.2) is 4.98 Å². The van der Waals surface area contributed by atoms with E-state index >= 15 is 0 Å². The lowest BCUT2D eigenvalue weighted by molar-refractivity contribution is 0.103. The average molecular weight is 318 g/mol. The maximum Gasteiger partial charge on any atom is 0.267 e. The van der Waals surface area contributed by atoms with Crippen molar-refractivity contribution in [1.82, 2.24) is 4.98 Å². The molecule has 0 unspecified atom stereocenters. The third-order valence-corrected chi connectivity index (χ3v) is 4.76. The number of benzene rings is 1. The number of pyridine rings is 1. The van der Waals surface area contributed by atoms with Crippen molar-refractivity contribution in [3.8, 4) is 0 Å². The van der Waals surface area contributed by atoms with Gasteiger partial charge in [0.05, 0.1) is 5.69 Å². The summed E-state index contributed by atoms with van der Waals surface area (Å²) in [7, 11) is 0. The molecule has 4 nitrogen and oxygen atoms in total. The second-order valence-corrected chi connectivity index (χ2v) is 5.97. The fourth-order valence-corrected chi connectivity index (χ4v) is 3.17. The van der Waals surface area contributed by atoms with Crippen LogP contribution in [0.3, 0.4) is 0 Å². The van der Waals surface area contributed by atoms with Crippen LogP contribution in [-0.4, -0.2) is 10.9 Å². The normalized spacial score (nSPS) is 10.8. The molecule has 0 saturated carbocycles. The van der Waals surface area contributed by atoms with Gasteiger partial charge in [-0.15, -0.1) is 11.3 Å². The van der Waals surface area contributed by atoms with E-state index in [1.165, 1.54) is 11.3 Å². The van der Waals surface area contributed by atoms with Gasteiger partial charge in [-0.2, -0.15) is 0 Å². The molecule has 0 aliphatic rings. The van der Waals surface area contributed by atoms with Crippen molar-refractivity contribution in [3.05, 3.63) is 52.0 Å². The van der Waals surface area contributed by atoms with Crippen molar-refractivity contribution in [2.75, 3.05) is 11.1 Å². The summed E-state index contributed by atoms with van der Waals surface area (Å²) in [6.45, 7) is 1.85. The van der Waals surface area contributed by atoms with Crippen molar-refractivity contribution in [2.24, 2.45) is 0 Å². The van der Waals surface area contributed by atoms with E-state index in [2.05, 4.69) is 10.3 Å². The summed E-state index contributed by atoms with van der Waals surface area (Å²) >= 11 is 7.34. The Morgan fingerprint density at radius 2 is 2.14 bits per heavy atom. The number of nitrogens with two attached hydrogens (primary N) is 1. The lowest BCUT2D eigenvalue weighted by Gasteiger charge is -2.08. The summed E-state index contributed by atoms with van der Waals surface area (Å²) in [6, 6.07) is 9.04. The van der Waals surface area contributed by atoms with Crippen LogP contribution in [0.15, 0.2) is 36.5 Å². The number of anilines is 2. The van der Waals surface area contributed by atoms with Gasteiger partial charge in [-0.3, -0.25) is 4.79 Å². The number of carbonyl (C=O) groups excluding carboxylic acids is 1. The molecule has 0 radical (unpaired) electrons. The Morgan fingerprint density at radius 3 is 2.90 bits per heavy atom. The van der Waals surface area contributed by atoms with Crippen LogP contribution in [0.4, 0.5) is 11.4 Å². The number of aromatic nitrogens is 1. The molecule has 0 aliphatic heterocycles. The molecule has 21 heavy (non-hydrogen) atoms. The highest BCUT2D eigenvalue weighted by molar-refractivity contribution is 7.21. The summed E-state index contributed by atoms with van der Waals surface area (Å²) in [5.41, 5.74) is 8.01. The summed E-state index contributed by atoms with van der Waals surface area (Å²) in [5, 5.41) is 4.26. The number of hydrogen-bond donors (Lipinski definition) is 2. The third-order valence-electron chi connectivity index (χ3n) is 3.23. The number of thiophene rings is 1. The Morgan fingerprint density at radius 1 is 1.33 bits per heavy atom. The molecule has 3 rings (SSSR count). The molecule has 0 fully saturated rings. The molecule has 6 heteroatoms. The number of fused-ring (bicyclic) bond motifs is 1. The number of halogens is 1. The second kappa shape index (κ2) is 5.35. The van der Waals surface area contributed by atoms with Gasteiger partial charge in [-0.1, -0.05) is 17.7 Å². The lowest BCUT2D eigenvalue weighted by atomic mass is 10.2. The van der Waals surface area contributed by atoms with Crippen LogP contribution in [0.1, 0.15) is 15.2 Å². The molecular weight excluding hydrogens is 306 g/mol. The fourth-order valence-electron chi connectivity index (χ4n) is 2.04. The minimum Gasteiger partial charge on any atom is -0.397 e. The molecule has 0 atom stereocenters. The van der Waals surface area contributed by atoms with Crippen LogP contribution in [-0.2, 0) is 0 Å². The summed E-state index contributed by atoms with van der Waals surface area (Å²) in [4.78, 5) is 17.9. The molecule has 0 saturated heterocycles. The lowest BCUT2D eigenvalue weighted by Crippen LogP contribution is -2.12. The first-order valence-electron chi connectivity index (χ1n) is 6.27. The Kier molecular flexibility index (Phi) is 3.53. The first-order valence-corrected chi connectivity index (χ1v) is 7.47. The van der Waals surface area contributed by atoms with E-state index in [0.29, 0.717) is 21.3 Å². The fraction of sp³-hybridized carbons (Fsp3) is 0.0667. The van der Waals surface area contributed by atoms with E-state index < -0.39 is 0 Å². The topological polar surface area (TPSA) is 68.0 Å². The van der Waals surface area contributed by atoms with Gasteiger partial charge in [0.15, 0.2) is 0 Å². The van der Waals surface area contributed by atoms with E-state index in [9.17, 15) is 4.79 Å². The van der Waals surface area contributed by atoms with Gasteiger partial charge in [0, 0.05) is 22.3 Å². The zero-order chi connectivity index (χ0) is 15.0. The van der Waals surface area contributed by atoms with Gasteiger partial charge in [0.25, 0.3) is 5.91 Å². The Labute approximate surface area is 130 Å². The zero-order valence-electron chi connectivity index (χ0n) is 11.2. The monoisotopic (exact) mass is 317 g/mol. The molecule has 106 valence electrons. The smallest absolute Gasteiger partial charge is 0.267 e. The Balaban J connectivity index is 1.97. The Bertz CT molecular complexity index is 844. The van der Waals surface area contributed by atoms with E-state index in [0.717, 1.165) is 15.8 Å². The SMILES string of the molecule is Cc1c(Cl)cccc1NC(=O)c1sc2ncccc2c1N. The summed E-state index contributed by atoms with van der Waals surface area (Å²) in [5.74, 6) is -0.249. The first-order chi connectivity index (χ1) is 10.1. The maximum absolute atomic E-state index is 12.4. The molecule has 0 aliphatic carbocycles. The number of rotatable bonds is 2. The van der Waals surface area contributed by atoms with E-state index in [4.69, 9.17) is 17.3 Å². The molecule has 3 aromatic rings. The van der Waals surface area contributed by atoms with E-state index in [-0.39, 0.29) is 5.91 Å². The zero-order valence-corrected chi connectivity index (χ0v) is 12.8. The van der Waals surface area contributed by atoms with Crippen molar-refractivity contribution >= 4 is 50.4 Å². The third kappa shape index (κ3) is 2.46. The van der Waals surface area contributed by atoms with Crippen molar-refractivity contribution in [3.63, 3.8) is 0 Å². The number of nitrogens with zero attached hydrogens (tertiary/aromatic N) is 1. The minimum absolute atomic E-state index is 0.249. The van der Waals surface area contributed by atoms with Crippen LogP contribution < -0.4 is 11.1 Å². The van der Waals surface area contributed by atoms with Gasteiger partial charge in [-0.05, 0) is 36.8 Å². The summed E-state index contributed by atoms with van der Waals surface area (Å²) in [6.07, 6.45) is 1.68. The molecule has 0 spiro atoms. The minimum atomic E-state index is -0.249. The van der Waals surface area contributed by atoms with Crippen molar-refractivity contribution < 1.29 is 4.79 Å². The molecule has 1 amide bonds. The summed E-state index contributed by atoms with van der Waals surface area (Å²) < 4.78 is 0. The average Bonchev–Trinajstić information content (AvgIpc) is 2.82. The van der Waals surface area contributed by atoms with E-state index in [1.54, 1.807) is 30.5 Å². The quantitative estimate of drug-likeness (QED) is 0.748. The Hall–Kier alpha value is -2.11. The molecule has 0 bridgehead atoms. The molecular formula is C15H12ClN3OS. The standard InChI is InChI=1S/C15H12ClN3OS/c1-8-10(16)5-2-6-11(8)19-14(20)13-12(17)9-4-3-7-18-15(9)21-13/h2-7H,17H2,1H3,(H,19,20). The van der Waals surface area contributed by atoms with Crippen molar-refractivity contribution in [1.29, 1.82) is 0 Å². The van der Waals surface area contributed by atoms with Crippen LogP contribution in [0, 0.1) is 6.92 Å². The van der Waals surface area contributed by atoms with Gasteiger partial charge in [0.2, 0.25) is 0 Å². The molecule has 2 aromatic heterocycles. The molecule has 2 heterocycles. The highest BCUT2D eigenvalue weighted by Crippen LogP contribution is 2.33. The predicted octanol–water partition coefficient (Wildman–Crippen LogP) is 4.09. The second-order valence-electron chi connectivity index (χ2n) is 4.57. The highest BCUT2D eigenvalue weighted by atomic mass is 35.5. The number of nitrogens with one attached hydrogen (secondary N) is 1. The van der Waals surface area contributed by atoms with Crippen LogP contribution in [0.2, 0.25) is 5.02 Å². The van der Waals surface area contributed by atoms with Gasteiger partial charge in [0.1, 0.15) is 9.71 Å². The predicted molar refractivity (Wildman–Crippen MR) is 88.2 cm³/mol. The van der Waals surface area contributed by atoms with Gasteiger partial charge < -0.3 is 11.1 Å². The highest BCUT2D eigenvalue weighted by Gasteiger charge is 2.17. The first kappa shape index (κ1) is 13.9. The van der Waals surface area contributed by atoms with Crippen molar-refractivity contribution in [2.45, 2.75) is 6.92 Å². The van der Waals surface area contributed by atoms with Crippen LogP contribution in [0.5, 0.6) is 0 Å². The maximum atomic E-state index is 12.4. The van der Waals surface area contributed by atoms with Gasteiger partial charge >= 0.3 is 0 Å². The van der Waals surface area contributed by atoms with Crippen LogP contribution >= 0.6 is 22.9 Å². The molecule has 1 aromatic carbocycles. The van der Waals surface area contributed by atoms with Crippen LogP contribution in [0.25, 0.3) is 10.2 Å². The number of hydrogen-bond acceptors (Lipinski definition) is 4. The number of carbonyl (C=O) groups is 1. The number of nitrogen functional groups attached to an aromatic ring is 1. The molecule has 3 N–H and O–H groups in total.